The van der Waals surface area contributed by atoms with Crippen molar-refractivity contribution in [3.8, 4) is 0 Å². The Balaban J connectivity index is 1.61. The van der Waals surface area contributed by atoms with Crippen molar-refractivity contribution >= 4 is 23.0 Å². The molecule has 6 heteroatoms. The van der Waals surface area contributed by atoms with E-state index in [1.807, 2.05) is 23.6 Å². The van der Waals surface area contributed by atoms with Gasteiger partial charge in [0.2, 0.25) is 5.60 Å². The molecule has 1 unspecified atom stereocenters. The van der Waals surface area contributed by atoms with E-state index in [1.165, 1.54) is 0 Å². The number of carbonyl (C=O) groups is 1. The van der Waals surface area contributed by atoms with Crippen LogP contribution in [0.1, 0.15) is 24.0 Å². The molecule has 0 saturated heterocycles. The molecule has 2 aromatic rings. The smallest absolute Gasteiger partial charge is 0.267 e. The molecule has 1 aliphatic rings. The summed E-state index contributed by atoms with van der Waals surface area (Å²) in [4.78, 5) is 18.6. The first kappa shape index (κ1) is 12.9. The molecule has 3 rings (SSSR count). The molecule has 104 valence electrons. The van der Waals surface area contributed by atoms with Crippen LogP contribution >= 0.6 is 11.3 Å². The Labute approximate surface area is 120 Å². The Hall–Kier alpha value is -2.08. The molecule has 2 aromatic heterocycles. The number of oxime groups is 1. The molecule has 5 nitrogen and oxygen atoms in total. The van der Waals surface area contributed by atoms with E-state index in [1.54, 1.807) is 30.6 Å². The van der Waals surface area contributed by atoms with Crippen molar-refractivity contribution in [2.75, 3.05) is 0 Å². The van der Waals surface area contributed by atoms with Crippen molar-refractivity contribution in [1.82, 2.24) is 5.32 Å². The van der Waals surface area contributed by atoms with Gasteiger partial charge in [-0.25, -0.2) is 0 Å². The Morgan fingerprint density at radius 1 is 1.50 bits per heavy atom. The predicted octanol–water partition coefficient (Wildman–Crippen LogP) is 2.54. The van der Waals surface area contributed by atoms with Crippen LogP contribution in [0, 0.1) is 0 Å². The molecular formula is C14H14N2O3S. The van der Waals surface area contributed by atoms with E-state index in [-0.39, 0.29) is 5.91 Å². The fraction of sp³-hybridized carbons (Fsp3) is 0.286. The third kappa shape index (κ3) is 2.46. The number of furan rings is 1. The number of thiophene rings is 1. The summed E-state index contributed by atoms with van der Waals surface area (Å²) in [6, 6.07) is 7.52. The molecule has 1 atom stereocenters. The first-order valence-corrected chi connectivity index (χ1v) is 7.15. The van der Waals surface area contributed by atoms with E-state index in [2.05, 4.69) is 10.5 Å². The third-order valence-corrected chi connectivity index (χ3v) is 4.07. The SMILES string of the molecule is CC1(C(=O)NCc2ccco2)CC(c2cccs2)=NO1. The monoisotopic (exact) mass is 290 g/mol. The standard InChI is InChI=1S/C14H14N2O3S/c1-14(13(17)15-9-10-4-2-6-18-10)8-11(16-19-14)12-5-3-7-20-12/h2-7H,8-9H2,1H3,(H,15,17). The second-order valence-corrected chi connectivity index (χ2v) is 5.72. The maximum atomic E-state index is 12.2. The molecule has 0 bridgehead atoms. The van der Waals surface area contributed by atoms with Crippen molar-refractivity contribution < 1.29 is 14.0 Å². The minimum atomic E-state index is -0.952. The molecular weight excluding hydrogens is 276 g/mol. The minimum absolute atomic E-state index is 0.191. The van der Waals surface area contributed by atoms with Gasteiger partial charge in [0.05, 0.1) is 17.7 Å². The van der Waals surface area contributed by atoms with Gasteiger partial charge in [-0.05, 0) is 30.5 Å². The summed E-state index contributed by atoms with van der Waals surface area (Å²) in [6.45, 7) is 2.09. The van der Waals surface area contributed by atoms with Crippen LogP contribution in [0.3, 0.4) is 0 Å². The second-order valence-electron chi connectivity index (χ2n) is 4.78. The molecule has 0 fully saturated rings. The van der Waals surface area contributed by atoms with Gasteiger partial charge in [-0.15, -0.1) is 11.3 Å². The zero-order valence-corrected chi connectivity index (χ0v) is 11.8. The lowest BCUT2D eigenvalue weighted by molar-refractivity contribution is -0.141. The number of rotatable bonds is 4. The van der Waals surface area contributed by atoms with Gasteiger partial charge >= 0.3 is 0 Å². The van der Waals surface area contributed by atoms with Gasteiger partial charge in [0, 0.05) is 6.42 Å². The van der Waals surface area contributed by atoms with E-state index in [0.29, 0.717) is 18.7 Å². The Morgan fingerprint density at radius 2 is 2.40 bits per heavy atom. The van der Waals surface area contributed by atoms with Crippen LogP contribution in [-0.2, 0) is 16.2 Å². The van der Waals surface area contributed by atoms with Gasteiger partial charge in [0.15, 0.2) is 0 Å². The average Bonchev–Trinajstić information content (AvgIpc) is 3.17. The van der Waals surface area contributed by atoms with Crippen LogP contribution in [0.2, 0.25) is 0 Å². The molecule has 1 N–H and O–H groups in total. The summed E-state index contributed by atoms with van der Waals surface area (Å²) in [5.41, 5.74) is -0.137. The lowest BCUT2D eigenvalue weighted by Crippen LogP contribution is -2.44. The van der Waals surface area contributed by atoms with Crippen molar-refractivity contribution in [3.63, 3.8) is 0 Å². The number of hydrogen-bond acceptors (Lipinski definition) is 5. The molecule has 1 amide bonds. The highest BCUT2D eigenvalue weighted by Crippen LogP contribution is 2.28. The summed E-state index contributed by atoms with van der Waals surface area (Å²) in [6.07, 6.45) is 2.05. The topological polar surface area (TPSA) is 63.8 Å². The molecule has 1 aliphatic heterocycles. The Kier molecular flexibility index (Phi) is 3.31. The van der Waals surface area contributed by atoms with Crippen LogP contribution in [0.4, 0.5) is 0 Å². The van der Waals surface area contributed by atoms with Gasteiger partial charge in [0.25, 0.3) is 5.91 Å². The zero-order chi connectivity index (χ0) is 14.0. The number of nitrogens with zero attached hydrogens (tertiary/aromatic N) is 1. The molecule has 0 aromatic carbocycles. The highest BCUT2D eigenvalue weighted by Gasteiger charge is 2.42. The molecule has 0 aliphatic carbocycles. The highest BCUT2D eigenvalue weighted by atomic mass is 32.1. The zero-order valence-electron chi connectivity index (χ0n) is 11.0. The molecule has 0 spiro atoms. The van der Waals surface area contributed by atoms with Crippen LogP contribution in [0.5, 0.6) is 0 Å². The lowest BCUT2D eigenvalue weighted by Gasteiger charge is -2.19. The minimum Gasteiger partial charge on any atom is -0.467 e. The summed E-state index contributed by atoms with van der Waals surface area (Å²) in [5.74, 6) is 0.517. The maximum Gasteiger partial charge on any atom is 0.267 e. The fourth-order valence-corrected chi connectivity index (χ4v) is 2.71. The Bertz CT molecular complexity index is 619. The summed E-state index contributed by atoms with van der Waals surface area (Å²) < 4.78 is 5.18. The first-order chi connectivity index (χ1) is 9.67. The third-order valence-electron chi connectivity index (χ3n) is 3.15. The van der Waals surface area contributed by atoms with Crippen LogP contribution < -0.4 is 5.32 Å². The quantitative estimate of drug-likeness (QED) is 0.941. The molecule has 0 saturated carbocycles. The predicted molar refractivity (Wildman–Crippen MR) is 75.5 cm³/mol. The van der Waals surface area contributed by atoms with Crippen molar-refractivity contribution in [2.24, 2.45) is 5.16 Å². The summed E-state index contributed by atoms with van der Waals surface area (Å²) in [7, 11) is 0. The van der Waals surface area contributed by atoms with Crippen LogP contribution in [0.25, 0.3) is 0 Å². The molecule has 3 heterocycles. The molecule has 20 heavy (non-hydrogen) atoms. The number of nitrogens with one attached hydrogen (secondary N) is 1. The van der Waals surface area contributed by atoms with Gasteiger partial charge in [0.1, 0.15) is 11.5 Å². The van der Waals surface area contributed by atoms with Crippen molar-refractivity contribution in [3.05, 3.63) is 46.5 Å². The van der Waals surface area contributed by atoms with Crippen molar-refractivity contribution in [1.29, 1.82) is 0 Å². The Morgan fingerprint density at radius 3 is 3.10 bits per heavy atom. The van der Waals surface area contributed by atoms with E-state index in [0.717, 1.165) is 10.6 Å². The van der Waals surface area contributed by atoms with Crippen LogP contribution in [-0.4, -0.2) is 17.2 Å². The van der Waals surface area contributed by atoms with E-state index >= 15 is 0 Å². The number of carbonyl (C=O) groups excluding carboxylic acids is 1. The highest BCUT2D eigenvalue weighted by molar-refractivity contribution is 7.12. The normalized spacial score (nSPS) is 21.4. The fourth-order valence-electron chi connectivity index (χ4n) is 2.00. The van der Waals surface area contributed by atoms with E-state index < -0.39 is 5.60 Å². The van der Waals surface area contributed by atoms with Crippen LogP contribution in [0.15, 0.2) is 45.5 Å². The van der Waals surface area contributed by atoms with Gasteiger partial charge in [-0.2, -0.15) is 0 Å². The van der Waals surface area contributed by atoms with Gasteiger partial charge < -0.3 is 14.6 Å². The van der Waals surface area contributed by atoms with Crippen molar-refractivity contribution in [2.45, 2.75) is 25.5 Å². The first-order valence-electron chi connectivity index (χ1n) is 6.27. The van der Waals surface area contributed by atoms with Gasteiger partial charge in [-0.3, -0.25) is 4.79 Å². The lowest BCUT2D eigenvalue weighted by atomic mass is 9.98. The second kappa shape index (κ2) is 5.13. The largest absolute Gasteiger partial charge is 0.467 e. The number of amides is 1. The maximum absolute atomic E-state index is 12.2. The summed E-state index contributed by atoms with van der Waals surface area (Å²) in [5, 5.41) is 8.82. The summed E-state index contributed by atoms with van der Waals surface area (Å²) >= 11 is 1.59. The molecule has 0 radical (unpaired) electrons. The number of hydrogen-bond donors (Lipinski definition) is 1. The van der Waals surface area contributed by atoms with E-state index in [9.17, 15) is 4.79 Å². The van der Waals surface area contributed by atoms with E-state index in [4.69, 9.17) is 9.25 Å². The average molecular weight is 290 g/mol. The van der Waals surface area contributed by atoms with Gasteiger partial charge in [-0.1, -0.05) is 11.2 Å².